The van der Waals surface area contributed by atoms with Crippen molar-refractivity contribution < 1.29 is 14.0 Å². The molecule has 4 aromatic rings. The maximum atomic E-state index is 13.8. The number of para-hydroxylation sites is 1. The number of aromatic nitrogens is 2. The third kappa shape index (κ3) is 4.42. The van der Waals surface area contributed by atoms with Crippen LogP contribution in [0, 0.1) is 5.82 Å². The van der Waals surface area contributed by atoms with Gasteiger partial charge < -0.3 is 5.73 Å². The van der Waals surface area contributed by atoms with Gasteiger partial charge in [0.15, 0.2) is 0 Å². The SMILES string of the molecule is NC(=O)CN1C(=O)CS[C@@H](c2ccc(F)cc2)c2c(-c3ccccc3)nn(-c3ccccc3Cl)c21. The minimum atomic E-state index is -0.650. The molecule has 0 unspecified atom stereocenters. The molecular weight excluding hydrogens is 487 g/mol. The summed E-state index contributed by atoms with van der Waals surface area (Å²) in [7, 11) is 0. The summed E-state index contributed by atoms with van der Waals surface area (Å²) >= 11 is 7.95. The van der Waals surface area contributed by atoms with E-state index < -0.39 is 5.91 Å². The minimum absolute atomic E-state index is 0.0980. The topological polar surface area (TPSA) is 81.2 Å². The van der Waals surface area contributed by atoms with Gasteiger partial charge in [-0.3, -0.25) is 14.5 Å². The second-order valence-corrected chi connectivity index (χ2v) is 9.50. The molecule has 176 valence electrons. The average molecular weight is 507 g/mol. The first-order chi connectivity index (χ1) is 16.9. The van der Waals surface area contributed by atoms with E-state index in [0.29, 0.717) is 22.2 Å². The summed E-state index contributed by atoms with van der Waals surface area (Å²) in [5.41, 5.74) is 9.10. The van der Waals surface area contributed by atoms with Gasteiger partial charge in [0.2, 0.25) is 11.8 Å². The van der Waals surface area contributed by atoms with Crippen LogP contribution in [-0.2, 0) is 9.59 Å². The number of benzene rings is 3. The number of carbonyl (C=O) groups is 2. The first-order valence-electron chi connectivity index (χ1n) is 10.8. The molecule has 0 bridgehead atoms. The van der Waals surface area contributed by atoms with Gasteiger partial charge in [-0.15, -0.1) is 11.8 Å². The summed E-state index contributed by atoms with van der Waals surface area (Å²) in [6.45, 7) is -0.313. The smallest absolute Gasteiger partial charge is 0.238 e. The third-order valence-electron chi connectivity index (χ3n) is 5.70. The number of halogens is 2. The zero-order valence-electron chi connectivity index (χ0n) is 18.4. The molecule has 6 nitrogen and oxygen atoms in total. The maximum Gasteiger partial charge on any atom is 0.238 e. The maximum absolute atomic E-state index is 13.8. The fourth-order valence-corrected chi connectivity index (χ4v) is 5.59. The summed E-state index contributed by atoms with van der Waals surface area (Å²) in [4.78, 5) is 26.7. The van der Waals surface area contributed by atoms with Gasteiger partial charge in [0, 0.05) is 11.1 Å². The van der Waals surface area contributed by atoms with Crippen LogP contribution in [0.25, 0.3) is 16.9 Å². The van der Waals surface area contributed by atoms with Crippen LogP contribution in [0.15, 0.2) is 78.9 Å². The van der Waals surface area contributed by atoms with Crippen LogP contribution in [-0.4, -0.2) is 33.9 Å². The Morgan fingerprint density at radius 2 is 1.74 bits per heavy atom. The number of amides is 2. The molecule has 1 aromatic heterocycles. The van der Waals surface area contributed by atoms with Crippen LogP contribution in [0.1, 0.15) is 16.4 Å². The fraction of sp³-hybridized carbons (Fsp3) is 0.115. The third-order valence-corrected chi connectivity index (χ3v) is 7.28. The number of nitrogens with two attached hydrogens (primary N) is 1. The number of primary amides is 1. The molecule has 0 fully saturated rings. The molecule has 1 aliphatic rings. The number of anilines is 1. The van der Waals surface area contributed by atoms with Crippen LogP contribution in [0.2, 0.25) is 5.02 Å². The van der Waals surface area contributed by atoms with E-state index in [1.54, 1.807) is 35.0 Å². The molecule has 9 heteroatoms. The number of carbonyl (C=O) groups excluding carboxylic acids is 2. The Bertz CT molecular complexity index is 1410. The standard InChI is InChI=1S/C26H20ClFN4O2S/c27-19-8-4-5-9-20(19)32-26-23(24(30-32)16-6-2-1-3-7-16)25(17-10-12-18(28)13-11-17)35-15-22(34)31(26)14-21(29)33/h1-13,25H,14-15H2,(H2,29,33)/t25-/m0/s1. The monoisotopic (exact) mass is 506 g/mol. The normalized spacial score (nSPS) is 15.5. The second-order valence-electron chi connectivity index (χ2n) is 8.00. The van der Waals surface area contributed by atoms with Crippen LogP contribution >= 0.6 is 23.4 Å². The molecule has 2 N–H and O–H groups in total. The summed E-state index contributed by atoms with van der Waals surface area (Å²) in [5.74, 6) is -0.773. The van der Waals surface area contributed by atoms with Crippen molar-refractivity contribution in [2.45, 2.75) is 5.25 Å². The van der Waals surface area contributed by atoms with Crippen molar-refractivity contribution in [1.29, 1.82) is 0 Å². The summed E-state index contributed by atoms with van der Waals surface area (Å²) in [5, 5.41) is 4.99. The molecule has 0 saturated heterocycles. The molecule has 0 radical (unpaired) electrons. The Labute approximate surface area is 210 Å². The van der Waals surface area contributed by atoms with Crippen molar-refractivity contribution >= 4 is 41.0 Å². The van der Waals surface area contributed by atoms with Crippen molar-refractivity contribution in [2.75, 3.05) is 17.2 Å². The lowest BCUT2D eigenvalue weighted by Gasteiger charge is -2.22. The van der Waals surface area contributed by atoms with E-state index in [0.717, 1.165) is 16.7 Å². The van der Waals surface area contributed by atoms with Crippen molar-refractivity contribution in [3.05, 3.63) is 101 Å². The van der Waals surface area contributed by atoms with Gasteiger partial charge in [-0.25, -0.2) is 9.07 Å². The molecule has 1 aliphatic heterocycles. The van der Waals surface area contributed by atoms with Gasteiger partial charge in [-0.1, -0.05) is 66.2 Å². The first kappa shape index (κ1) is 23.1. The molecule has 0 saturated carbocycles. The molecule has 3 aromatic carbocycles. The summed E-state index contributed by atoms with van der Waals surface area (Å²) < 4.78 is 15.4. The van der Waals surface area contributed by atoms with E-state index in [1.807, 2.05) is 36.4 Å². The highest BCUT2D eigenvalue weighted by Crippen LogP contribution is 2.48. The molecule has 5 rings (SSSR count). The lowest BCUT2D eigenvalue weighted by molar-refractivity contribution is -0.121. The predicted molar refractivity (Wildman–Crippen MR) is 136 cm³/mol. The van der Waals surface area contributed by atoms with Gasteiger partial charge in [0.1, 0.15) is 18.2 Å². The number of thioether (sulfide) groups is 1. The highest BCUT2D eigenvalue weighted by Gasteiger charge is 2.37. The zero-order valence-corrected chi connectivity index (χ0v) is 20.0. The van der Waals surface area contributed by atoms with E-state index in [4.69, 9.17) is 22.4 Å². The molecule has 2 heterocycles. The highest BCUT2D eigenvalue weighted by atomic mass is 35.5. The fourth-order valence-electron chi connectivity index (χ4n) is 4.18. The molecule has 0 spiro atoms. The Balaban J connectivity index is 1.86. The Morgan fingerprint density at radius 3 is 2.43 bits per heavy atom. The molecule has 35 heavy (non-hydrogen) atoms. The Morgan fingerprint density at radius 1 is 1.06 bits per heavy atom. The molecule has 1 atom stereocenters. The number of hydrogen-bond donors (Lipinski definition) is 1. The van der Waals surface area contributed by atoms with Gasteiger partial charge >= 0.3 is 0 Å². The average Bonchev–Trinajstić information content (AvgIpc) is 3.17. The van der Waals surface area contributed by atoms with Crippen molar-refractivity contribution in [2.24, 2.45) is 5.73 Å². The molecule has 2 amide bonds. The van der Waals surface area contributed by atoms with Gasteiger partial charge in [-0.2, -0.15) is 5.10 Å². The minimum Gasteiger partial charge on any atom is -0.368 e. The second kappa shape index (κ2) is 9.56. The Kier molecular flexibility index (Phi) is 6.32. The van der Waals surface area contributed by atoms with Crippen molar-refractivity contribution in [3.8, 4) is 16.9 Å². The lowest BCUT2D eigenvalue weighted by Crippen LogP contribution is -2.40. The van der Waals surface area contributed by atoms with Gasteiger partial charge in [0.25, 0.3) is 0 Å². The summed E-state index contributed by atoms with van der Waals surface area (Å²) in [6.07, 6.45) is 0. The highest BCUT2D eigenvalue weighted by molar-refractivity contribution is 8.00. The van der Waals surface area contributed by atoms with Crippen LogP contribution in [0.4, 0.5) is 10.2 Å². The lowest BCUT2D eigenvalue weighted by atomic mass is 9.99. The van der Waals surface area contributed by atoms with Crippen LogP contribution in [0.5, 0.6) is 0 Å². The molecule has 0 aliphatic carbocycles. The van der Waals surface area contributed by atoms with Crippen molar-refractivity contribution in [1.82, 2.24) is 9.78 Å². The van der Waals surface area contributed by atoms with Crippen LogP contribution in [0.3, 0.4) is 0 Å². The quantitative estimate of drug-likeness (QED) is 0.413. The predicted octanol–water partition coefficient (Wildman–Crippen LogP) is 4.99. The van der Waals surface area contributed by atoms with E-state index in [9.17, 15) is 14.0 Å². The van der Waals surface area contributed by atoms with E-state index >= 15 is 0 Å². The van der Waals surface area contributed by atoms with Crippen molar-refractivity contribution in [3.63, 3.8) is 0 Å². The van der Waals surface area contributed by atoms with E-state index in [-0.39, 0.29) is 29.3 Å². The summed E-state index contributed by atoms with van der Waals surface area (Å²) in [6, 6.07) is 22.9. The van der Waals surface area contributed by atoms with Gasteiger partial charge in [0.05, 0.1) is 27.4 Å². The van der Waals surface area contributed by atoms with Gasteiger partial charge in [-0.05, 0) is 29.8 Å². The number of hydrogen-bond acceptors (Lipinski definition) is 4. The first-order valence-corrected chi connectivity index (χ1v) is 12.3. The number of rotatable bonds is 5. The van der Waals surface area contributed by atoms with E-state index in [1.165, 1.54) is 28.8 Å². The number of fused-ring (bicyclic) bond motifs is 1. The Hall–Kier alpha value is -3.62. The van der Waals surface area contributed by atoms with Crippen LogP contribution < -0.4 is 10.6 Å². The zero-order chi connectivity index (χ0) is 24.5. The van der Waals surface area contributed by atoms with E-state index in [2.05, 4.69) is 0 Å². The number of nitrogens with zero attached hydrogens (tertiary/aromatic N) is 3. The largest absolute Gasteiger partial charge is 0.368 e. The molecular formula is C26H20ClFN4O2S.